The number of thioether (sulfide) groups is 1. The summed E-state index contributed by atoms with van der Waals surface area (Å²) in [7, 11) is 1.68. The van der Waals surface area contributed by atoms with E-state index >= 15 is 0 Å². The minimum Gasteiger partial charge on any atom is -0.356 e. The van der Waals surface area contributed by atoms with Crippen molar-refractivity contribution in [2.45, 2.75) is 25.3 Å². The summed E-state index contributed by atoms with van der Waals surface area (Å²) in [5.41, 5.74) is 1.92. The van der Waals surface area contributed by atoms with Crippen LogP contribution in [0.4, 0.5) is 5.69 Å². The molecule has 2 amide bonds. The van der Waals surface area contributed by atoms with Gasteiger partial charge in [-0.1, -0.05) is 44.7 Å². The van der Waals surface area contributed by atoms with Gasteiger partial charge < -0.3 is 15.1 Å². The standard InChI is InChI=1S/C22H27N3O2S/c1-6-7-18(28-5)13-25-20(26)14-24(4)21(27)22(25)12-19(22)23-17-10-8-16(9-11-17)15(2)3/h6-12,15,23H,1,13-14H2,2-5H3/b18-7-. The van der Waals surface area contributed by atoms with Crippen molar-refractivity contribution in [1.82, 2.24) is 9.80 Å². The fraction of sp³-hybridized carbons (Fsp3) is 0.364. The summed E-state index contributed by atoms with van der Waals surface area (Å²) in [4.78, 5) is 30.0. The van der Waals surface area contributed by atoms with Crippen molar-refractivity contribution in [2.24, 2.45) is 0 Å². The SMILES string of the molecule is C=C/C=C(/CN1C(=O)CN(C)C(=O)C12C=C2Nc1ccc(C(C)C)cc1)SC. The van der Waals surface area contributed by atoms with E-state index in [-0.39, 0.29) is 18.4 Å². The Morgan fingerprint density at radius 1 is 1.32 bits per heavy atom. The number of amides is 2. The van der Waals surface area contributed by atoms with Crippen molar-refractivity contribution in [3.8, 4) is 0 Å². The predicted molar refractivity (Wildman–Crippen MR) is 116 cm³/mol. The molecule has 1 unspecified atom stereocenters. The van der Waals surface area contributed by atoms with Crippen LogP contribution in [0, 0.1) is 0 Å². The number of rotatable bonds is 7. The topological polar surface area (TPSA) is 52.7 Å². The van der Waals surface area contributed by atoms with Crippen molar-refractivity contribution in [1.29, 1.82) is 0 Å². The molecular weight excluding hydrogens is 370 g/mol. The first-order valence-electron chi connectivity index (χ1n) is 9.35. The van der Waals surface area contributed by atoms with E-state index in [1.807, 2.05) is 30.5 Å². The number of hydrogen-bond acceptors (Lipinski definition) is 4. The molecule has 1 N–H and O–H groups in total. The Morgan fingerprint density at radius 3 is 2.57 bits per heavy atom. The van der Waals surface area contributed by atoms with Gasteiger partial charge in [0, 0.05) is 17.6 Å². The third kappa shape index (κ3) is 3.61. The van der Waals surface area contributed by atoms with Gasteiger partial charge in [0.15, 0.2) is 5.54 Å². The van der Waals surface area contributed by atoms with Crippen LogP contribution in [0.2, 0.25) is 0 Å². The molecule has 1 spiro atoms. The van der Waals surface area contributed by atoms with Crippen LogP contribution in [0.5, 0.6) is 0 Å². The van der Waals surface area contributed by atoms with Gasteiger partial charge in [0.2, 0.25) is 5.91 Å². The Bertz CT molecular complexity index is 857. The summed E-state index contributed by atoms with van der Waals surface area (Å²) in [6, 6.07) is 8.19. The number of carbonyl (C=O) groups is 2. The molecule has 0 bridgehead atoms. The fourth-order valence-electron chi connectivity index (χ4n) is 3.46. The first-order chi connectivity index (χ1) is 13.3. The monoisotopic (exact) mass is 397 g/mol. The minimum atomic E-state index is -1.00. The molecule has 1 atom stereocenters. The lowest BCUT2D eigenvalue weighted by Crippen LogP contribution is -2.62. The maximum Gasteiger partial charge on any atom is 0.259 e. The molecule has 0 aromatic heterocycles. The molecular formula is C22H27N3O2S. The highest BCUT2D eigenvalue weighted by molar-refractivity contribution is 8.02. The second kappa shape index (κ2) is 7.87. The molecule has 3 rings (SSSR count). The molecule has 5 nitrogen and oxygen atoms in total. The van der Waals surface area contributed by atoms with Crippen LogP contribution in [0.3, 0.4) is 0 Å². The molecule has 6 heteroatoms. The zero-order chi connectivity index (χ0) is 20.5. The first-order valence-corrected chi connectivity index (χ1v) is 10.6. The second-order valence-corrected chi connectivity index (χ2v) is 8.37. The Kier molecular flexibility index (Phi) is 5.70. The highest BCUT2D eigenvalue weighted by Gasteiger charge is 2.61. The third-order valence-electron chi connectivity index (χ3n) is 5.19. The zero-order valence-electron chi connectivity index (χ0n) is 16.9. The molecule has 0 radical (unpaired) electrons. The van der Waals surface area contributed by atoms with Gasteiger partial charge in [-0.25, -0.2) is 0 Å². The van der Waals surface area contributed by atoms with Gasteiger partial charge in [0.25, 0.3) is 5.91 Å². The van der Waals surface area contributed by atoms with E-state index in [2.05, 4.69) is 37.9 Å². The average molecular weight is 398 g/mol. The van der Waals surface area contributed by atoms with Crippen molar-refractivity contribution in [3.05, 3.63) is 65.2 Å². The lowest BCUT2D eigenvalue weighted by atomic mass is 10.0. The number of allylic oxidation sites excluding steroid dienone is 2. The number of piperazine rings is 1. The Labute approximate surface area is 171 Å². The third-order valence-corrected chi connectivity index (χ3v) is 5.98. The number of benzene rings is 1. The van der Waals surface area contributed by atoms with Crippen LogP contribution in [0.1, 0.15) is 25.3 Å². The van der Waals surface area contributed by atoms with Gasteiger partial charge >= 0.3 is 0 Å². The van der Waals surface area contributed by atoms with Crippen molar-refractivity contribution in [3.63, 3.8) is 0 Å². The molecule has 1 aromatic carbocycles. The van der Waals surface area contributed by atoms with Gasteiger partial charge in [-0.05, 0) is 35.9 Å². The van der Waals surface area contributed by atoms with Crippen LogP contribution >= 0.6 is 11.8 Å². The maximum atomic E-state index is 13.0. The van der Waals surface area contributed by atoms with Crippen molar-refractivity contribution >= 4 is 29.3 Å². The smallest absolute Gasteiger partial charge is 0.259 e. The number of carbonyl (C=O) groups excluding carboxylic acids is 2. The highest BCUT2D eigenvalue weighted by Crippen LogP contribution is 2.45. The lowest BCUT2D eigenvalue weighted by Gasteiger charge is -2.40. The molecule has 148 valence electrons. The molecule has 0 saturated carbocycles. The van der Waals surface area contributed by atoms with Crippen molar-refractivity contribution < 1.29 is 9.59 Å². The quantitative estimate of drug-likeness (QED) is 0.715. The van der Waals surface area contributed by atoms with Crippen LogP contribution < -0.4 is 5.32 Å². The maximum absolute atomic E-state index is 13.0. The minimum absolute atomic E-state index is 0.0608. The molecule has 1 aromatic rings. The predicted octanol–water partition coefficient (Wildman–Crippen LogP) is 3.59. The molecule has 2 aliphatic rings. The fourth-order valence-corrected chi connectivity index (χ4v) is 3.95. The Morgan fingerprint density at radius 2 is 2.00 bits per heavy atom. The van der Waals surface area contributed by atoms with Crippen LogP contribution in [0.15, 0.2) is 59.7 Å². The summed E-state index contributed by atoms with van der Waals surface area (Å²) in [5, 5.41) is 3.34. The van der Waals surface area contributed by atoms with Crippen LogP contribution in [-0.2, 0) is 9.59 Å². The molecule has 1 saturated heterocycles. The summed E-state index contributed by atoms with van der Waals surface area (Å²) in [6.07, 6.45) is 7.40. The molecule has 28 heavy (non-hydrogen) atoms. The molecule has 1 fully saturated rings. The highest BCUT2D eigenvalue weighted by atomic mass is 32.2. The Hall–Kier alpha value is -2.47. The van der Waals surface area contributed by atoms with Gasteiger partial charge in [-0.15, -0.1) is 11.8 Å². The number of nitrogens with one attached hydrogen (secondary N) is 1. The summed E-state index contributed by atoms with van der Waals surface area (Å²) in [6.45, 7) is 8.53. The van der Waals surface area contributed by atoms with E-state index in [1.54, 1.807) is 29.8 Å². The first kappa shape index (κ1) is 20.3. The molecule has 1 aliphatic heterocycles. The summed E-state index contributed by atoms with van der Waals surface area (Å²) < 4.78 is 0. The zero-order valence-corrected chi connectivity index (χ0v) is 17.7. The normalized spacial score (nSPS) is 22.0. The van der Waals surface area contributed by atoms with Gasteiger partial charge in [-0.2, -0.15) is 0 Å². The number of likely N-dealkylation sites (N-methyl/N-ethyl adjacent to an activating group) is 1. The van der Waals surface area contributed by atoms with E-state index in [4.69, 9.17) is 0 Å². The van der Waals surface area contributed by atoms with Gasteiger partial charge in [0.1, 0.15) is 0 Å². The molecule has 1 heterocycles. The average Bonchev–Trinajstić information content (AvgIpc) is 3.37. The van der Waals surface area contributed by atoms with E-state index in [0.717, 1.165) is 16.3 Å². The van der Waals surface area contributed by atoms with Gasteiger partial charge in [-0.3, -0.25) is 9.59 Å². The number of anilines is 1. The van der Waals surface area contributed by atoms with Crippen LogP contribution in [0.25, 0.3) is 0 Å². The largest absolute Gasteiger partial charge is 0.356 e. The van der Waals surface area contributed by atoms with E-state index in [9.17, 15) is 9.59 Å². The summed E-state index contributed by atoms with van der Waals surface area (Å²) >= 11 is 1.56. The number of hydrogen-bond donors (Lipinski definition) is 1. The number of nitrogens with zero attached hydrogens (tertiary/aromatic N) is 2. The van der Waals surface area contributed by atoms with Crippen molar-refractivity contribution in [2.75, 3.05) is 31.7 Å². The Balaban J connectivity index is 1.84. The van der Waals surface area contributed by atoms with E-state index in [0.29, 0.717) is 12.5 Å². The van der Waals surface area contributed by atoms with Crippen LogP contribution in [-0.4, -0.2) is 53.5 Å². The second-order valence-electron chi connectivity index (χ2n) is 7.44. The van der Waals surface area contributed by atoms with Gasteiger partial charge in [0.05, 0.1) is 18.8 Å². The molecule has 1 aliphatic carbocycles. The van der Waals surface area contributed by atoms with E-state index < -0.39 is 5.54 Å². The van der Waals surface area contributed by atoms with E-state index in [1.165, 1.54) is 10.5 Å². The lowest BCUT2D eigenvalue weighted by molar-refractivity contribution is -0.154. The summed E-state index contributed by atoms with van der Waals surface area (Å²) in [5.74, 6) is 0.325.